The van der Waals surface area contributed by atoms with Gasteiger partial charge in [0.15, 0.2) is 0 Å². The Morgan fingerprint density at radius 1 is 1.14 bits per heavy atom. The minimum Gasteiger partial charge on any atom is -0.331 e. The summed E-state index contributed by atoms with van der Waals surface area (Å²) in [6.07, 6.45) is 4.64. The molecule has 0 fully saturated rings. The van der Waals surface area contributed by atoms with Crippen LogP contribution in [0.1, 0.15) is 45.9 Å². The summed E-state index contributed by atoms with van der Waals surface area (Å²) in [6, 6.07) is 8.92. The Morgan fingerprint density at radius 2 is 1.86 bits per heavy atom. The lowest BCUT2D eigenvalue weighted by Crippen LogP contribution is -2.38. The van der Waals surface area contributed by atoms with Crippen LogP contribution in [0.15, 0.2) is 24.3 Å². The highest BCUT2D eigenvalue weighted by atomic mass is 15.1. The number of imidazole rings is 1. The number of aromatic nitrogens is 2. The average molecular weight is 287 g/mol. The maximum Gasteiger partial charge on any atom is 0.111 e. The number of nitrogens with one attached hydrogen (secondary N) is 1. The second kappa shape index (κ2) is 7.60. The van der Waals surface area contributed by atoms with Gasteiger partial charge in [0.2, 0.25) is 0 Å². The second-order valence-electron chi connectivity index (χ2n) is 5.92. The predicted molar refractivity (Wildman–Crippen MR) is 90.6 cm³/mol. The van der Waals surface area contributed by atoms with Crippen LogP contribution in [0.3, 0.4) is 0 Å². The first-order chi connectivity index (χ1) is 10.2. The van der Waals surface area contributed by atoms with E-state index in [-0.39, 0.29) is 0 Å². The summed E-state index contributed by atoms with van der Waals surface area (Å²) in [6.45, 7) is 7.91. The Bertz CT molecular complexity index is 555. The number of para-hydroxylation sites is 2. The minimum atomic E-state index is 0.524. The minimum absolute atomic E-state index is 0.524. The van der Waals surface area contributed by atoms with Crippen LogP contribution in [0.2, 0.25) is 0 Å². The average Bonchev–Trinajstić information content (AvgIpc) is 2.82. The normalized spacial score (nSPS) is 13.2. The van der Waals surface area contributed by atoms with Crippen molar-refractivity contribution in [2.45, 2.75) is 52.5 Å². The monoisotopic (exact) mass is 287 g/mol. The molecule has 116 valence electrons. The van der Waals surface area contributed by atoms with Gasteiger partial charge in [0.1, 0.15) is 5.82 Å². The highest BCUT2D eigenvalue weighted by molar-refractivity contribution is 5.75. The predicted octanol–water partition coefficient (Wildman–Crippen LogP) is 3.92. The molecule has 1 aromatic heterocycles. The van der Waals surface area contributed by atoms with Gasteiger partial charge in [0.05, 0.1) is 11.0 Å². The number of benzene rings is 1. The molecule has 0 saturated carbocycles. The van der Waals surface area contributed by atoms with E-state index >= 15 is 0 Å². The lowest BCUT2D eigenvalue weighted by molar-refractivity contribution is 0.326. The van der Waals surface area contributed by atoms with Crippen molar-refractivity contribution in [2.24, 2.45) is 13.0 Å². The zero-order chi connectivity index (χ0) is 15.2. The fraction of sp³-hybridized carbons (Fsp3) is 0.611. The van der Waals surface area contributed by atoms with E-state index in [9.17, 15) is 0 Å². The Kier molecular flexibility index (Phi) is 5.80. The molecule has 2 rings (SSSR count). The van der Waals surface area contributed by atoms with E-state index < -0.39 is 0 Å². The third-order valence-corrected chi connectivity index (χ3v) is 4.56. The topological polar surface area (TPSA) is 29.9 Å². The first kappa shape index (κ1) is 16.0. The maximum absolute atomic E-state index is 4.83. The molecule has 0 saturated heterocycles. The van der Waals surface area contributed by atoms with Crippen molar-refractivity contribution in [1.29, 1.82) is 0 Å². The molecule has 21 heavy (non-hydrogen) atoms. The second-order valence-corrected chi connectivity index (χ2v) is 5.92. The molecule has 0 radical (unpaired) electrons. The molecule has 0 spiro atoms. The van der Waals surface area contributed by atoms with Crippen LogP contribution in [-0.2, 0) is 13.5 Å². The standard InChI is InChI=1S/C18H29N3/c1-5-12-19-16(14(6-2)7-3)13-18-20-15-10-8-9-11-17(15)21(18)4/h8-11,14,16,19H,5-7,12-13H2,1-4H3. The van der Waals surface area contributed by atoms with Crippen molar-refractivity contribution in [3.8, 4) is 0 Å². The molecule has 3 heteroatoms. The SMILES string of the molecule is CCCNC(Cc1nc2ccccc2n1C)C(CC)CC. The number of hydrogen-bond acceptors (Lipinski definition) is 2. The van der Waals surface area contributed by atoms with Crippen LogP contribution in [0.5, 0.6) is 0 Å². The van der Waals surface area contributed by atoms with Crippen molar-refractivity contribution >= 4 is 11.0 Å². The summed E-state index contributed by atoms with van der Waals surface area (Å²) in [7, 11) is 2.13. The third-order valence-electron chi connectivity index (χ3n) is 4.56. The van der Waals surface area contributed by atoms with Crippen LogP contribution >= 0.6 is 0 Å². The van der Waals surface area contributed by atoms with Gasteiger partial charge in [-0.1, -0.05) is 45.7 Å². The van der Waals surface area contributed by atoms with Gasteiger partial charge < -0.3 is 9.88 Å². The molecule has 0 aliphatic rings. The lowest BCUT2D eigenvalue weighted by atomic mass is 9.91. The van der Waals surface area contributed by atoms with E-state index in [0.29, 0.717) is 6.04 Å². The molecule has 0 amide bonds. The van der Waals surface area contributed by atoms with Gasteiger partial charge in [-0.15, -0.1) is 0 Å². The van der Waals surface area contributed by atoms with Gasteiger partial charge in [0.25, 0.3) is 0 Å². The van der Waals surface area contributed by atoms with E-state index in [1.54, 1.807) is 0 Å². The van der Waals surface area contributed by atoms with Gasteiger partial charge in [0, 0.05) is 19.5 Å². The molecule has 0 bridgehead atoms. The van der Waals surface area contributed by atoms with Gasteiger partial charge in [-0.25, -0.2) is 4.98 Å². The molecule has 1 unspecified atom stereocenters. The smallest absolute Gasteiger partial charge is 0.111 e. The summed E-state index contributed by atoms with van der Waals surface area (Å²) in [5.41, 5.74) is 2.33. The molecule has 2 aromatic rings. The number of fused-ring (bicyclic) bond motifs is 1. The summed E-state index contributed by atoms with van der Waals surface area (Å²) in [5, 5.41) is 3.74. The van der Waals surface area contributed by atoms with Crippen LogP contribution in [0.4, 0.5) is 0 Å². The Balaban J connectivity index is 2.22. The van der Waals surface area contributed by atoms with Crippen molar-refractivity contribution < 1.29 is 0 Å². The zero-order valence-corrected chi connectivity index (χ0v) is 13.9. The van der Waals surface area contributed by atoms with E-state index in [2.05, 4.69) is 62.0 Å². The summed E-state index contributed by atoms with van der Waals surface area (Å²) in [4.78, 5) is 4.83. The van der Waals surface area contributed by atoms with E-state index in [1.807, 2.05) is 0 Å². The third kappa shape index (κ3) is 3.65. The number of aryl methyl sites for hydroxylation is 1. The molecule has 1 heterocycles. The van der Waals surface area contributed by atoms with Crippen LogP contribution in [-0.4, -0.2) is 22.1 Å². The van der Waals surface area contributed by atoms with E-state index in [0.717, 1.165) is 24.4 Å². The molecule has 1 aromatic carbocycles. The Labute approximate surface area is 128 Å². The van der Waals surface area contributed by atoms with Crippen LogP contribution < -0.4 is 5.32 Å². The highest BCUT2D eigenvalue weighted by Crippen LogP contribution is 2.20. The van der Waals surface area contributed by atoms with Crippen molar-refractivity contribution in [3.63, 3.8) is 0 Å². The summed E-state index contributed by atoms with van der Waals surface area (Å²) in [5.74, 6) is 1.91. The van der Waals surface area contributed by atoms with Gasteiger partial charge in [-0.3, -0.25) is 0 Å². The van der Waals surface area contributed by atoms with E-state index in [1.165, 1.54) is 30.6 Å². The number of hydrogen-bond donors (Lipinski definition) is 1. The number of nitrogens with zero attached hydrogens (tertiary/aromatic N) is 2. The zero-order valence-electron chi connectivity index (χ0n) is 13.9. The van der Waals surface area contributed by atoms with Gasteiger partial charge in [-0.2, -0.15) is 0 Å². The molecule has 0 aliphatic heterocycles. The van der Waals surface area contributed by atoms with Crippen molar-refractivity contribution in [1.82, 2.24) is 14.9 Å². The van der Waals surface area contributed by atoms with Crippen molar-refractivity contribution in [2.75, 3.05) is 6.54 Å². The first-order valence-electron chi connectivity index (χ1n) is 8.34. The largest absolute Gasteiger partial charge is 0.331 e. The Morgan fingerprint density at radius 3 is 2.48 bits per heavy atom. The molecule has 1 atom stereocenters. The molecular weight excluding hydrogens is 258 g/mol. The summed E-state index contributed by atoms with van der Waals surface area (Å²) >= 11 is 0. The first-order valence-corrected chi connectivity index (χ1v) is 8.34. The van der Waals surface area contributed by atoms with Crippen LogP contribution in [0.25, 0.3) is 11.0 Å². The van der Waals surface area contributed by atoms with Crippen LogP contribution in [0, 0.1) is 5.92 Å². The molecular formula is C18H29N3. The Hall–Kier alpha value is -1.35. The number of rotatable bonds is 8. The molecule has 0 aliphatic carbocycles. The quantitative estimate of drug-likeness (QED) is 0.797. The fourth-order valence-corrected chi connectivity index (χ4v) is 3.17. The lowest BCUT2D eigenvalue weighted by Gasteiger charge is -2.26. The summed E-state index contributed by atoms with van der Waals surface area (Å²) < 4.78 is 2.25. The molecule has 1 N–H and O–H groups in total. The van der Waals surface area contributed by atoms with Gasteiger partial charge in [-0.05, 0) is 31.0 Å². The van der Waals surface area contributed by atoms with Gasteiger partial charge >= 0.3 is 0 Å². The molecule has 3 nitrogen and oxygen atoms in total. The fourth-order valence-electron chi connectivity index (χ4n) is 3.17. The van der Waals surface area contributed by atoms with E-state index in [4.69, 9.17) is 4.98 Å². The highest BCUT2D eigenvalue weighted by Gasteiger charge is 2.20. The van der Waals surface area contributed by atoms with Crippen molar-refractivity contribution in [3.05, 3.63) is 30.1 Å². The maximum atomic E-state index is 4.83.